The van der Waals surface area contributed by atoms with Gasteiger partial charge in [-0.1, -0.05) is 0 Å². The molecule has 1 fully saturated rings. The van der Waals surface area contributed by atoms with E-state index in [1.165, 1.54) is 30.5 Å². The molecule has 7 nitrogen and oxygen atoms in total. The predicted molar refractivity (Wildman–Crippen MR) is 86.4 cm³/mol. The van der Waals surface area contributed by atoms with Gasteiger partial charge in [0.2, 0.25) is 5.91 Å². The fourth-order valence-corrected chi connectivity index (χ4v) is 2.88. The summed E-state index contributed by atoms with van der Waals surface area (Å²) < 4.78 is 26.8. The van der Waals surface area contributed by atoms with Crippen LogP contribution >= 0.6 is 0 Å². The van der Waals surface area contributed by atoms with E-state index < -0.39 is 43.3 Å². The van der Waals surface area contributed by atoms with Crippen molar-refractivity contribution in [3.63, 3.8) is 0 Å². The van der Waals surface area contributed by atoms with E-state index in [0.717, 1.165) is 4.90 Å². The highest BCUT2D eigenvalue weighted by Gasteiger charge is 2.47. The lowest BCUT2D eigenvalue weighted by Gasteiger charge is -2.19. The van der Waals surface area contributed by atoms with Crippen LogP contribution in [-0.2, 0) is 4.79 Å². The lowest BCUT2D eigenvalue weighted by Crippen LogP contribution is -2.43. The average molecular weight is 360 g/mol. The smallest absolute Gasteiger partial charge is 0.268 e. The number of hydrogen-bond donors (Lipinski definition) is 2. The zero-order valence-corrected chi connectivity index (χ0v) is 13.4. The standard InChI is InChI=1S/C17H14F2N4O3/c18-17(19)6-10(7-20)23(9-17)15(25)8-22-16(26)12-3-4-21-14-2-1-11(24)5-13(12)14/h1-5,10,24H,6,8-9H2,(H,22,26)/t10-/m0/s1. The molecule has 0 aliphatic carbocycles. The number of aromatic hydroxyl groups is 1. The Labute approximate surface area is 146 Å². The molecule has 2 amide bonds. The summed E-state index contributed by atoms with van der Waals surface area (Å²) in [6.07, 6.45) is 0.695. The number of nitriles is 1. The van der Waals surface area contributed by atoms with E-state index in [9.17, 15) is 23.5 Å². The van der Waals surface area contributed by atoms with Crippen LogP contribution in [0.5, 0.6) is 5.75 Å². The summed E-state index contributed by atoms with van der Waals surface area (Å²) in [4.78, 5) is 29.3. The van der Waals surface area contributed by atoms with Gasteiger partial charge in [0.25, 0.3) is 11.8 Å². The van der Waals surface area contributed by atoms with E-state index in [0.29, 0.717) is 10.9 Å². The lowest BCUT2D eigenvalue weighted by molar-refractivity contribution is -0.131. The summed E-state index contributed by atoms with van der Waals surface area (Å²) in [7, 11) is 0. The summed E-state index contributed by atoms with van der Waals surface area (Å²) in [5.74, 6) is -4.54. The first-order chi connectivity index (χ1) is 12.3. The third-order valence-electron chi connectivity index (χ3n) is 4.11. The SMILES string of the molecule is N#C[C@@H]1CC(F)(F)CN1C(=O)CNC(=O)c1ccnc2ccc(O)cc12. The number of hydrogen-bond acceptors (Lipinski definition) is 5. The van der Waals surface area contributed by atoms with Gasteiger partial charge in [0, 0.05) is 18.0 Å². The molecule has 0 radical (unpaired) electrons. The number of rotatable bonds is 3. The molecule has 2 heterocycles. The van der Waals surface area contributed by atoms with E-state index >= 15 is 0 Å². The molecular formula is C17H14F2N4O3. The number of aromatic nitrogens is 1. The number of nitrogens with zero attached hydrogens (tertiary/aromatic N) is 3. The van der Waals surface area contributed by atoms with Crippen LogP contribution in [0.4, 0.5) is 8.78 Å². The Morgan fingerprint density at radius 3 is 2.92 bits per heavy atom. The molecule has 1 aliphatic heterocycles. The second kappa shape index (κ2) is 6.55. The molecule has 0 saturated carbocycles. The number of amides is 2. The Bertz CT molecular complexity index is 926. The van der Waals surface area contributed by atoms with Gasteiger partial charge in [-0.05, 0) is 24.3 Å². The van der Waals surface area contributed by atoms with Gasteiger partial charge in [-0.25, -0.2) is 8.78 Å². The average Bonchev–Trinajstić information content (AvgIpc) is 2.93. The Morgan fingerprint density at radius 1 is 1.42 bits per heavy atom. The Kier molecular flexibility index (Phi) is 4.42. The molecule has 2 N–H and O–H groups in total. The second-order valence-corrected chi connectivity index (χ2v) is 5.97. The van der Waals surface area contributed by atoms with Crippen LogP contribution in [0, 0.1) is 11.3 Å². The second-order valence-electron chi connectivity index (χ2n) is 5.97. The predicted octanol–water partition coefficient (Wildman–Crippen LogP) is 1.43. The van der Waals surface area contributed by atoms with E-state index in [1.807, 2.05) is 0 Å². The third kappa shape index (κ3) is 3.39. The van der Waals surface area contributed by atoms with Crippen molar-refractivity contribution in [1.29, 1.82) is 5.26 Å². The van der Waals surface area contributed by atoms with E-state index in [2.05, 4.69) is 10.3 Å². The molecule has 2 aromatic rings. The number of halogens is 2. The minimum atomic E-state index is -3.11. The molecule has 1 aromatic heterocycles. The third-order valence-corrected chi connectivity index (χ3v) is 4.11. The number of carbonyl (C=O) groups is 2. The highest BCUT2D eigenvalue weighted by Crippen LogP contribution is 2.31. The van der Waals surface area contributed by atoms with Crippen LogP contribution in [0.2, 0.25) is 0 Å². The van der Waals surface area contributed by atoms with E-state index in [-0.39, 0.29) is 11.3 Å². The van der Waals surface area contributed by atoms with Gasteiger partial charge < -0.3 is 15.3 Å². The maximum absolute atomic E-state index is 13.4. The molecule has 134 valence electrons. The Hall–Kier alpha value is -3.28. The van der Waals surface area contributed by atoms with Crippen molar-refractivity contribution in [1.82, 2.24) is 15.2 Å². The number of phenols is 1. The minimum absolute atomic E-state index is 0.0493. The number of nitrogens with one attached hydrogen (secondary N) is 1. The van der Waals surface area contributed by atoms with Crippen molar-refractivity contribution in [2.24, 2.45) is 0 Å². The number of alkyl halides is 2. The van der Waals surface area contributed by atoms with Crippen molar-refractivity contribution in [3.8, 4) is 11.8 Å². The minimum Gasteiger partial charge on any atom is -0.508 e. The molecule has 0 unspecified atom stereocenters. The molecule has 3 rings (SSSR count). The van der Waals surface area contributed by atoms with E-state index in [4.69, 9.17) is 5.26 Å². The molecule has 1 atom stereocenters. The molecule has 26 heavy (non-hydrogen) atoms. The van der Waals surface area contributed by atoms with Crippen LogP contribution in [0.1, 0.15) is 16.8 Å². The number of likely N-dealkylation sites (tertiary alicyclic amines) is 1. The van der Waals surface area contributed by atoms with Crippen molar-refractivity contribution in [2.75, 3.05) is 13.1 Å². The number of fused-ring (bicyclic) bond motifs is 1. The lowest BCUT2D eigenvalue weighted by atomic mass is 10.1. The topological polar surface area (TPSA) is 106 Å². The summed E-state index contributed by atoms with van der Waals surface area (Å²) in [5.41, 5.74) is 0.660. The maximum Gasteiger partial charge on any atom is 0.268 e. The molecular weight excluding hydrogens is 346 g/mol. The van der Waals surface area contributed by atoms with Crippen molar-refractivity contribution < 1.29 is 23.5 Å². The van der Waals surface area contributed by atoms with Crippen LogP contribution in [0.15, 0.2) is 30.5 Å². The number of carbonyl (C=O) groups excluding carboxylic acids is 2. The molecule has 0 bridgehead atoms. The first-order valence-corrected chi connectivity index (χ1v) is 7.73. The summed E-state index contributed by atoms with van der Waals surface area (Å²) in [5, 5.41) is 21.3. The summed E-state index contributed by atoms with van der Waals surface area (Å²) in [6.45, 7) is -1.36. The van der Waals surface area contributed by atoms with E-state index in [1.54, 1.807) is 6.07 Å². The van der Waals surface area contributed by atoms with Crippen LogP contribution < -0.4 is 5.32 Å². The number of phenolic OH excluding ortho intramolecular Hbond substituents is 1. The summed E-state index contributed by atoms with van der Waals surface area (Å²) in [6, 6.07) is 6.21. The van der Waals surface area contributed by atoms with Gasteiger partial charge in [0.1, 0.15) is 11.8 Å². The highest BCUT2D eigenvalue weighted by molar-refractivity contribution is 6.07. The van der Waals surface area contributed by atoms with Crippen LogP contribution in [-0.4, -0.2) is 51.9 Å². The van der Waals surface area contributed by atoms with Gasteiger partial charge in [0.15, 0.2) is 0 Å². The normalized spacial score (nSPS) is 18.5. The molecule has 1 aliphatic rings. The van der Waals surface area contributed by atoms with Crippen molar-refractivity contribution in [2.45, 2.75) is 18.4 Å². The number of benzene rings is 1. The van der Waals surface area contributed by atoms with Crippen molar-refractivity contribution in [3.05, 3.63) is 36.0 Å². The fourth-order valence-electron chi connectivity index (χ4n) is 2.88. The molecule has 9 heteroatoms. The maximum atomic E-state index is 13.4. The van der Waals surface area contributed by atoms with Crippen LogP contribution in [0.25, 0.3) is 10.9 Å². The molecule has 0 spiro atoms. The first kappa shape index (κ1) is 17.5. The van der Waals surface area contributed by atoms with Crippen molar-refractivity contribution >= 4 is 22.7 Å². The Balaban J connectivity index is 1.73. The monoisotopic (exact) mass is 360 g/mol. The largest absolute Gasteiger partial charge is 0.508 e. The molecule has 1 saturated heterocycles. The van der Waals surface area contributed by atoms with Gasteiger partial charge in [-0.2, -0.15) is 5.26 Å². The number of pyridine rings is 1. The van der Waals surface area contributed by atoms with Gasteiger partial charge >= 0.3 is 0 Å². The zero-order chi connectivity index (χ0) is 18.9. The first-order valence-electron chi connectivity index (χ1n) is 7.73. The quantitative estimate of drug-likeness (QED) is 0.861. The van der Waals surface area contributed by atoms with Crippen LogP contribution in [0.3, 0.4) is 0 Å². The zero-order valence-electron chi connectivity index (χ0n) is 13.4. The summed E-state index contributed by atoms with van der Waals surface area (Å²) >= 11 is 0. The highest BCUT2D eigenvalue weighted by atomic mass is 19.3. The van der Waals surface area contributed by atoms with Gasteiger partial charge in [-0.15, -0.1) is 0 Å². The molecule has 1 aromatic carbocycles. The fraction of sp³-hybridized carbons (Fsp3) is 0.294. The Morgan fingerprint density at radius 2 is 2.19 bits per heavy atom. The van der Waals surface area contributed by atoms with Gasteiger partial charge in [0.05, 0.1) is 30.2 Å². The van der Waals surface area contributed by atoms with Gasteiger partial charge in [-0.3, -0.25) is 14.6 Å².